The quantitative estimate of drug-likeness (QED) is 0.805. The third-order valence-electron chi connectivity index (χ3n) is 4.20. The van der Waals surface area contributed by atoms with Crippen LogP contribution in [-0.2, 0) is 6.54 Å². The van der Waals surface area contributed by atoms with E-state index in [1.165, 1.54) is 12.1 Å². The minimum Gasteiger partial charge on any atom is -0.371 e. The van der Waals surface area contributed by atoms with Gasteiger partial charge in [-0.25, -0.2) is 4.98 Å². The first-order valence-electron chi connectivity index (χ1n) is 7.64. The van der Waals surface area contributed by atoms with E-state index in [-0.39, 0.29) is 0 Å². The molecule has 0 bridgehead atoms. The molecule has 1 aliphatic rings. The average molecular weight is 290 g/mol. The normalized spacial score (nSPS) is 14.1. The van der Waals surface area contributed by atoms with Gasteiger partial charge in [-0.3, -0.25) is 4.98 Å². The van der Waals surface area contributed by atoms with Gasteiger partial charge in [0.25, 0.3) is 0 Å². The van der Waals surface area contributed by atoms with Gasteiger partial charge in [0.2, 0.25) is 0 Å². The Labute approximate surface area is 129 Å². The average Bonchev–Trinajstić information content (AvgIpc) is 2.52. The van der Waals surface area contributed by atoms with Crippen molar-refractivity contribution in [3.63, 3.8) is 0 Å². The summed E-state index contributed by atoms with van der Waals surface area (Å²) in [5, 5.41) is 1.04. The molecule has 0 amide bonds. The van der Waals surface area contributed by atoms with E-state index in [4.69, 9.17) is 10.7 Å². The van der Waals surface area contributed by atoms with E-state index in [1.807, 2.05) is 12.3 Å². The lowest BCUT2D eigenvalue weighted by atomic mass is 10.1. The van der Waals surface area contributed by atoms with E-state index in [0.29, 0.717) is 6.54 Å². The van der Waals surface area contributed by atoms with E-state index in [2.05, 4.69) is 46.3 Å². The Morgan fingerprint density at radius 1 is 1.09 bits per heavy atom. The van der Waals surface area contributed by atoms with Gasteiger partial charge in [-0.2, -0.15) is 0 Å². The Morgan fingerprint density at radius 3 is 2.77 bits per heavy atom. The molecule has 0 radical (unpaired) electrons. The van der Waals surface area contributed by atoms with Crippen molar-refractivity contribution in [1.82, 2.24) is 9.97 Å². The van der Waals surface area contributed by atoms with Crippen LogP contribution in [0.5, 0.6) is 0 Å². The predicted molar refractivity (Wildman–Crippen MR) is 89.7 cm³/mol. The molecule has 1 aliphatic heterocycles. The Morgan fingerprint density at radius 2 is 2.00 bits per heavy atom. The number of nitrogens with zero attached hydrogens (tertiary/aromatic N) is 3. The van der Waals surface area contributed by atoms with Crippen LogP contribution >= 0.6 is 0 Å². The predicted octanol–water partition coefficient (Wildman–Crippen LogP) is 2.97. The molecular weight excluding hydrogens is 272 g/mol. The summed E-state index contributed by atoms with van der Waals surface area (Å²) in [5.74, 6) is 0. The Bertz CT molecular complexity index is 824. The molecule has 0 atom stereocenters. The zero-order chi connectivity index (χ0) is 14.9. The van der Waals surface area contributed by atoms with E-state index in [9.17, 15) is 0 Å². The van der Waals surface area contributed by atoms with E-state index in [0.717, 1.165) is 40.9 Å². The molecule has 4 rings (SSSR count). The van der Waals surface area contributed by atoms with Crippen molar-refractivity contribution in [1.29, 1.82) is 0 Å². The first-order chi connectivity index (χ1) is 10.8. The topological polar surface area (TPSA) is 55.0 Å². The molecule has 1 saturated heterocycles. The highest BCUT2D eigenvalue weighted by Crippen LogP contribution is 2.27. The molecule has 110 valence electrons. The zero-order valence-electron chi connectivity index (χ0n) is 12.4. The van der Waals surface area contributed by atoms with Crippen LogP contribution in [0.25, 0.3) is 22.2 Å². The lowest BCUT2D eigenvalue weighted by molar-refractivity contribution is 0.618. The van der Waals surface area contributed by atoms with E-state index < -0.39 is 0 Å². The van der Waals surface area contributed by atoms with Crippen LogP contribution in [-0.4, -0.2) is 23.1 Å². The number of anilines is 1. The number of rotatable bonds is 3. The summed E-state index contributed by atoms with van der Waals surface area (Å²) in [5.41, 5.74) is 10.9. The minimum atomic E-state index is 0.437. The fourth-order valence-electron chi connectivity index (χ4n) is 2.77. The maximum Gasteiger partial charge on any atom is 0.0743 e. The number of benzene rings is 1. The zero-order valence-corrected chi connectivity index (χ0v) is 12.4. The van der Waals surface area contributed by atoms with Crippen molar-refractivity contribution < 1.29 is 0 Å². The van der Waals surface area contributed by atoms with Gasteiger partial charge in [0.15, 0.2) is 0 Å². The van der Waals surface area contributed by atoms with Gasteiger partial charge in [-0.15, -0.1) is 0 Å². The highest BCUT2D eigenvalue weighted by molar-refractivity contribution is 5.81. The van der Waals surface area contributed by atoms with Crippen LogP contribution in [0.3, 0.4) is 0 Å². The van der Waals surface area contributed by atoms with Gasteiger partial charge in [-0.1, -0.05) is 12.1 Å². The monoisotopic (exact) mass is 290 g/mol. The largest absolute Gasteiger partial charge is 0.371 e. The molecule has 4 nitrogen and oxygen atoms in total. The van der Waals surface area contributed by atoms with Crippen molar-refractivity contribution in [3.05, 3.63) is 54.4 Å². The van der Waals surface area contributed by atoms with Crippen molar-refractivity contribution in [2.24, 2.45) is 5.73 Å². The van der Waals surface area contributed by atoms with Crippen molar-refractivity contribution in [2.45, 2.75) is 13.0 Å². The van der Waals surface area contributed by atoms with Crippen LogP contribution in [0.15, 0.2) is 48.7 Å². The molecular formula is C18H18N4. The highest BCUT2D eigenvalue weighted by Gasteiger charge is 2.14. The Hall–Kier alpha value is -2.46. The second kappa shape index (κ2) is 5.39. The lowest BCUT2D eigenvalue weighted by Gasteiger charge is -2.33. The summed E-state index contributed by atoms with van der Waals surface area (Å²) in [4.78, 5) is 11.5. The second-order valence-corrected chi connectivity index (χ2v) is 5.66. The summed E-state index contributed by atoms with van der Waals surface area (Å²) in [7, 11) is 0. The molecule has 4 heteroatoms. The second-order valence-electron chi connectivity index (χ2n) is 5.66. The molecule has 22 heavy (non-hydrogen) atoms. The summed E-state index contributed by atoms with van der Waals surface area (Å²) < 4.78 is 0. The molecule has 2 N–H and O–H groups in total. The van der Waals surface area contributed by atoms with E-state index >= 15 is 0 Å². The molecule has 0 aliphatic carbocycles. The number of hydrogen-bond donors (Lipinski definition) is 1. The van der Waals surface area contributed by atoms with Crippen molar-refractivity contribution in [3.8, 4) is 11.3 Å². The molecule has 1 fully saturated rings. The van der Waals surface area contributed by atoms with Gasteiger partial charge < -0.3 is 10.6 Å². The summed E-state index contributed by atoms with van der Waals surface area (Å²) >= 11 is 0. The molecule has 0 unspecified atom stereocenters. The number of aromatic nitrogens is 2. The molecule has 3 heterocycles. The fraction of sp³-hybridized carbons (Fsp3) is 0.222. The maximum absolute atomic E-state index is 5.67. The summed E-state index contributed by atoms with van der Waals surface area (Å²) in [6, 6.07) is 14.7. The number of hydrogen-bond acceptors (Lipinski definition) is 4. The SMILES string of the molecule is NCc1cc2nc(-c3cccc(N4CCC4)c3)ccc2cn1. The van der Waals surface area contributed by atoms with Gasteiger partial charge in [0.1, 0.15) is 0 Å². The first-order valence-corrected chi connectivity index (χ1v) is 7.64. The first kappa shape index (κ1) is 13.2. The molecule has 3 aromatic rings. The number of pyridine rings is 2. The molecule has 1 aromatic carbocycles. The third-order valence-corrected chi connectivity index (χ3v) is 4.20. The van der Waals surface area contributed by atoms with Gasteiger partial charge in [0, 0.05) is 42.5 Å². The maximum atomic E-state index is 5.67. The van der Waals surface area contributed by atoms with Crippen LogP contribution in [0.4, 0.5) is 5.69 Å². The van der Waals surface area contributed by atoms with E-state index in [1.54, 1.807) is 0 Å². The third kappa shape index (κ3) is 2.31. The fourth-order valence-corrected chi connectivity index (χ4v) is 2.77. The van der Waals surface area contributed by atoms with Gasteiger partial charge >= 0.3 is 0 Å². The smallest absolute Gasteiger partial charge is 0.0743 e. The number of nitrogens with two attached hydrogens (primary N) is 1. The van der Waals surface area contributed by atoms with Crippen LogP contribution in [0.2, 0.25) is 0 Å². The van der Waals surface area contributed by atoms with Crippen LogP contribution < -0.4 is 10.6 Å². The van der Waals surface area contributed by atoms with Crippen LogP contribution in [0, 0.1) is 0 Å². The van der Waals surface area contributed by atoms with Crippen molar-refractivity contribution in [2.75, 3.05) is 18.0 Å². The highest BCUT2D eigenvalue weighted by atomic mass is 15.2. The number of fused-ring (bicyclic) bond motifs is 1. The van der Waals surface area contributed by atoms with Gasteiger partial charge in [0.05, 0.1) is 16.9 Å². The van der Waals surface area contributed by atoms with Crippen LogP contribution in [0.1, 0.15) is 12.1 Å². The summed E-state index contributed by atoms with van der Waals surface area (Å²) in [6.07, 6.45) is 3.12. The van der Waals surface area contributed by atoms with Gasteiger partial charge in [-0.05, 0) is 36.8 Å². The Kier molecular flexibility index (Phi) is 3.24. The Balaban J connectivity index is 1.76. The lowest BCUT2D eigenvalue weighted by Crippen LogP contribution is -2.36. The standard InChI is InChI=1S/C18H18N4/c19-11-15-10-18-14(12-20-15)5-6-17(21-18)13-3-1-4-16(9-13)22-7-2-8-22/h1,3-6,9-10,12H,2,7-8,11,19H2. The van der Waals surface area contributed by atoms with Crippen molar-refractivity contribution >= 4 is 16.6 Å². The summed E-state index contributed by atoms with van der Waals surface area (Å²) in [6.45, 7) is 2.74. The minimum absolute atomic E-state index is 0.437. The molecule has 0 spiro atoms. The molecule has 0 saturated carbocycles. The molecule has 2 aromatic heterocycles.